The van der Waals surface area contributed by atoms with E-state index in [0.29, 0.717) is 19.2 Å². The Balaban J connectivity index is 1.21. The second-order valence-electron chi connectivity index (χ2n) is 7.92. The van der Waals surface area contributed by atoms with E-state index < -0.39 is 0 Å². The van der Waals surface area contributed by atoms with Crippen LogP contribution in [0.25, 0.3) is 16.2 Å². The molecule has 0 atom stereocenters. The van der Waals surface area contributed by atoms with Crippen LogP contribution in [-0.4, -0.2) is 39.4 Å². The van der Waals surface area contributed by atoms with Crippen LogP contribution in [0.15, 0.2) is 72.2 Å². The van der Waals surface area contributed by atoms with Crippen LogP contribution >= 0.6 is 11.3 Å². The summed E-state index contributed by atoms with van der Waals surface area (Å²) < 4.78 is 7.86. The third-order valence-electron chi connectivity index (χ3n) is 5.61. The molecule has 2 aromatic heterocycles. The minimum atomic E-state index is 0.0838. The summed E-state index contributed by atoms with van der Waals surface area (Å²) in [5.41, 5.74) is 4.38. The summed E-state index contributed by atoms with van der Waals surface area (Å²) in [6.07, 6.45) is 5.09. The summed E-state index contributed by atoms with van der Waals surface area (Å²) in [5, 5.41) is 2.15. The highest BCUT2D eigenvalue weighted by molar-refractivity contribution is 7.15. The van der Waals surface area contributed by atoms with Gasteiger partial charge in [-0.15, -0.1) is 11.3 Å². The lowest BCUT2D eigenvalue weighted by molar-refractivity contribution is -0.137. The average molecular weight is 432 g/mol. The summed E-state index contributed by atoms with van der Waals surface area (Å²) in [7, 11) is 0. The standard InChI is InChI=1S/C25H25N3O2S/c29-24(17-30-16-19-7-3-1-4-8-19)27(21-11-12-21)14-13-22-18-31-25-26-23(15-28(22)25)20-9-5-2-6-10-20/h1-10,15,18,21H,11-14,16-17H2. The lowest BCUT2D eigenvalue weighted by Gasteiger charge is -2.22. The third-order valence-corrected chi connectivity index (χ3v) is 6.50. The average Bonchev–Trinajstić information content (AvgIpc) is 3.44. The number of nitrogens with zero attached hydrogens (tertiary/aromatic N) is 3. The Morgan fingerprint density at radius 2 is 1.84 bits per heavy atom. The van der Waals surface area contributed by atoms with Gasteiger partial charge in [0.15, 0.2) is 4.96 Å². The Labute approximate surface area is 185 Å². The highest BCUT2D eigenvalue weighted by atomic mass is 32.1. The van der Waals surface area contributed by atoms with Gasteiger partial charge >= 0.3 is 0 Å². The van der Waals surface area contributed by atoms with Crippen molar-refractivity contribution in [3.63, 3.8) is 0 Å². The number of hydrogen-bond donors (Lipinski definition) is 0. The number of benzene rings is 2. The van der Waals surface area contributed by atoms with Crippen LogP contribution < -0.4 is 0 Å². The molecule has 2 heterocycles. The third kappa shape index (κ3) is 4.70. The molecule has 5 nitrogen and oxygen atoms in total. The topological polar surface area (TPSA) is 46.8 Å². The van der Waals surface area contributed by atoms with Crippen LogP contribution in [0.2, 0.25) is 0 Å². The Hall–Kier alpha value is -2.96. The lowest BCUT2D eigenvalue weighted by atomic mass is 10.2. The van der Waals surface area contributed by atoms with Crippen LogP contribution in [0, 0.1) is 0 Å². The van der Waals surface area contributed by atoms with E-state index >= 15 is 0 Å². The molecule has 0 N–H and O–H groups in total. The molecule has 0 radical (unpaired) electrons. The number of ether oxygens (including phenoxy) is 1. The van der Waals surface area contributed by atoms with Crippen molar-refractivity contribution in [3.8, 4) is 11.3 Å². The molecule has 1 aliphatic rings. The SMILES string of the molecule is O=C(COCc1ccccc1)N(CCc1csc2nc(-c3ccccc3)cn12)C1CC1. The van der Waals surface area contributed by atoms with Crippen molar-refractivity contribution >= 4 is 22.2 Å². The van der Waals surface area contributed by atoms with Crippen molar-refractivity contribution in [1.82, 2.24) is 14.3 Å². The van der Waals surface area contributed by atoms with Crippen LogP contribution in [0.4, 0.5) is 0 Å². The van der Waals surface area contributed by atoms with E-state index in [1.165, 1.54) is 5.69 Å². The number of aromatic nitrogens is 2. The van der Waals surface area contributed by atoms with Gasteiger partial charge in [0.05, 0.1) is 12.3 Å². The van der Waals surface area contributed by atoms with Gasteiger partial charge in [-0.1, -0.05) is 60.7 Å². The van der Waals surface area contributed by atoms with E-state index in [9.17, 15) is 4.79 Å². The van der Waals surface area contributed by atoms with Crippen molar-refractivity contribution in [2.75, 3.05) is 13.2 Å². The molecule has 6 heteroatoms. The van der Waals surface area contributed by atoms with E-state index in [1.807, 2.05) is 53.4 Å². The van der Waals surface area contributed by atoms with Crippen molar-refractivity contribution in [1.29, 1.82) is 0 Å². The maximum absolute atomic E-state index is 12.8. The van der Waals surface area contributed by atoms with Crippen molar-refractivity contribution in [2.24, 2.45) is 0 Å². The molecule has 0 bridgehead atoms. The molecule has 0 aliphatic heterocycles. The molecule has 1 saturated carbocycles. The van der Waals surface area contributed by atoms with E-state index in [0.717, 1.165) is 41.0 Å². The monoisotopic (exact) mass is 431 g/mol. The first kappa shape index (κ1) is 20.0. The highest BCUT2D eigenvalue weighted by Gasteiger charge is 2.32. The summed E-state index contributed by atoms with van der Waals surface area (Å²) in [6.45, 7) is 1.31. The molecule has 1 fully saturated rings. The van der Waals surface area contributed by atoms with Crippen molar-refractivity contribution < 1.29 is 9.53 Å². The van der Waals surface area contributed by atoms with E-state index in [-0.39, 0.29) is 12.5 Å². The molecule has 31 heavy (non-hydrogen) atoms. The van der Waals surface area contributed by atoms with E-state index in [4.69, 9.17) is 9.72 Å². The van der Waals surface area contributed by atoms with Gasteiger partial charge in [0.25, 0.3) is 0 Å². The number of amides is 1. The van der Waals surface area contributed by atoms with Gasteiger partial charge in [-0.2, -0.15) is 0 Å². The fourth-order valence-corrected chi connectivity index (χ4v) is 4.71. The summed E-state index contributed by atoms with van der Waals surface area (Å²) in [6, 6.07) is 20.6. The molecular formula is C25H25N3O2S. The van der Waals surface area contributed by atoms with E-state index in [2.05, 4.69) is 28.1 Å². The molecule has 0 spiro atoms. The Kier molecular flexibility index (Phi) is 5.82. The second-order valence-corrected chi connectivity index (χ2v) is 8.76. The maximum Gasteiger partial charge on any atom is 0.248 e. The normalized spacial score (nSPS) is 13.5. The number of carbonyl (C=O) groups excluding carboxylic acids is 1. The second kappa shape index (κ2) is 9.04. The maximum atomic E-state index is 12.8. The number of rotatable bonds is 9. The zero-order chi connectivity index (χ0) is 21.0. The van der Waals surface area contributed by atoms with Crippen LogP contribution in [0.1, 0.15) is 24.1 Å². The fraction of sp³-hybridized carbons (Fsp3) is 0.280. The van der Waals surface area contributed by atoms with Crippen LogP contribution in [0.5, 0.6) is 0 Å². The molecular weight excluding hydrogens is 406 g/mol. The minimum Gasteiger partial charge on any atom is -0.367 e. The lowest BCUT2D eigenvalue weighted by Crippen LogP contribution is -2.37. The smallest absolute Gasteiger partial charge is 0.248 e. The summed E-state index contributed by atoms with van der Waals surface area (Å²) in [5.74, 6) is 0.0838. The number of hydrogen-bond acceptors (Lipinski definition) is 4. The van der Waals surface area contributed by atoms with Gasteiger partial charge in [-0.25, -0.2) is 4.98 Å². The molecule has 2 aromatic carbocycles. The zero-order valence-electron chi connectivity index (χ0n) is 17.3. The largest absolute Gasteiger partial charge is 0.367 e. The predicted octanol–water partition coefficient (Wildman–Crippen LogP) is 4.81. The van der Waals surface area contributed by atoms with Gasteiger partial charge in [-0.3, -0.25) is 9.20 Å². The minimum absolute atomic E-state index is 0.0838. The quantitative estimate of drug-likeness (QED) is 0.382. The van der Waals surface area contributed by atoms with Crippen molar-refractivity contribution in [2.45, 2.75) is 31.9 Å². The summed E-state index contributed by atoms with van der Waals surface area (Å²) >= 11 is 1.65. The Morgan fingerprint density at radius 1 is 1.10 bits per heavy atom. The Bertz CT molecular complexity index is 1150. The summed E-state index contributed by atoms with van der Waals surface area (Å²) in [4.78, 5) is 20.6. The van der Waals surface area contributed by atoms with Crippen molar-refractivity contribution in [3.05, 3.63) is 83.5 Å². The van der Waals surface area contributed by atoms with Gasteiger partial charge in [0, 0.05) is 41.8 Å². The first-order valence-corrected chi connectivity index (χ1v) is 11.6. The number of imidazole rings is 1. The van der Waals surface area contributed by atoms with Crippen LogP contribution in [-0.2, 0) is 22.6 Å². The Morgan fingerprint density at radius 3 is 2.58 bits per heavy atom. The van der Waals surface area contributed by atoms with Gasteiger partial charge < -0.3 is 9.64 Å². The molecule has 1 aliphatic carbocycles. The van der Waals surface area contributed by atoms with Gasteiger partial charge in [0.1, 0.15) is 6.61 Å². The molecule has 1 amide bonds. The number of thiazole rings is 1. The molecule has 0 saturated heterocycles. The number of fused-ring (bicyclic) bond motifs is 1. The molecule has 5 rings (SSSR count). The first-order chi connectivity index (χ1) is 15.3. The highest BCUT2D eigenvalue weighted by Crippen LogP contribution is 2.28. The first-order valence-electron chi connectivity index (χ1n) is 10.7. The number of carbonyl (C=O) groups is 1. The zero-order valence-corrected chi connectivity index (χ0v) is 18.1. The molecule has 4 aromatic rings. The molecule has 158 valence electrons. The fourth-order valence-electron chi connectivity index (χ4n) is 3.80. The van der Waals surface area contributed by atoms with Gasteiger partial charge in [0.2, 0.25) is 5.91 Å². The molecule has 0 unspecified atom stereocenters. The van der Waals surface area contributed by atoms with E-state index in [1.54, 1.807) is 11.3 Å². The predicted molar refractivity (Wildman–Crippen MR) is 123 cm³/mol. The van der Waals surface area contributed by atoms with Gasteiger partial charge in [-0.05, 0) is 18.4 Å². The van der Waals surface area contributed by atoms with Crippen LogP contribution in [0.3, 0.4) is 0 Å².